The van der Waals surface area contributed by atoms with Gasteiger partial charge in [0.1, 0.15) is 0 Å². The van der Waals surface area contributed by atoms with E-state index in [1.54, 1.807) is 35.6 Å². The molecular formula is C17H17BrO3S. The number of hydrogen-bond donors (Lipinski definition) is 1. The molecule has 0 aliphatic heterocycles. The van der Waals surface area contributed by atoms with Gasteiger partial charge in [-0.3, -0.25) is 4.79 Å². The Labute approximate surface area is 142 Å². The van der Waals surface area contributed by atoms with Crippen molar-refractivity contribution in [3.63, 3.8) is 0 Å². The average molecular weight is 381 g/mol. The first kappa shape index (κ1) is 16.8. The molecule has 2 aromatic rings. The van der Waals surface area contributed by atoms with Crippen molar-refractivity contribution in [2.24, 2.45) is 0 Å². The highest BCUT2D eigenvalue weighted by atomic mass is 79.9. The Bertz CT molecular complexity index is 732. The van der Waals surface area contributed by atoms with Crippen LogP contribution in [0.5, 0.6) is 11.5 Å². The molecule has 0 aliphatic carbocycles. The number of aromatic hydroxyl groups is 1. The summed E-state index contributed by atoms with van der Waals surface area (Å²) >= 11 is 4.90. The van der Waals surface area contributed by atoms with Gasteiger partial charge in [0, 0.05) is 15.3 Å². The minimum atomic E-state index is -0.0241. The quantitative estimate of drug-likeness (QED) is 0.577. The van der Waals surface area contributed by atoms with Crippen molar-refractivity contribution >= 4 is 39.1 Å². The number of phenols is 1. The third-order valence-corrected chi connectivity index (χ3v) is 4.65. The summed E-state index contributed by atoms with van der Waals surface area (Å²) in [4.78, 5) is 14.4. The van der Waals surface area contributed by atoms with E-state index >= 15 is 0 Å². The normalized spacial score (nSPS) is 11.1. The lowest BCUT2D eigenvalue weighted by Gasteiger charge is -2.08. The number of allylic oxidation sites excluding steroid dienone is 1. The smallest absolute Gasteiger partial charge is 0.186 e. The Morgan fingerprint density at radius 1 is 1.36 bits per heavy atom. The number of thiophene rings is 1. The predicted molar refractivity (Wildman–Crippen MR) is 94.1 cm³/mol. The predicted octanol–water partition coefficient (Wildman–Crippen LogP) is 5.13. The van der Waals surface area contributed by atoms with Gasteiger partial charge in [0.05, 0.1) is 11.1 Å². The largest absolute Gasteiger partial charge is 0.503 e. The summed E-state index contributed by atoms with van der Waals surface area (Å²) in [7, 11) is 0. The van der Waals surface area contributed by atoms with E-state index in [1.807, 2.05) is 26.8 Å². The van der Waals surface area contributed by atoms with Gasteiger partial charge in [-0.05, 0) is 66.5 Å². The molecule has 0 saturated heterocycles. The zero-order valence-electron chi connectivity index (χ0n) is 12.6. The maximum Gasteiger partial charge on any atom is 0.186 e. The molecule has 0 bridgehead atoms. The minimum Gasteiger partial charge on any atom is -0.503 e. The summed E-state index contributed by atoms with van der Waals surface area (Å²) in [5, 5.41) is 9.89. The fourth-order valence-electron chi connectivity index (χ4n) is 2.09. The molecule has 1 aromatic heterocycles. The van der Waals surface area contributed by atoms with Crippen LogP contribution in [0.4, 0.5) is 0 Å². The number of halogens is 1. The number of ether oxygens (including phenoxy) is 1. The van der Waals surface area contributed by atoms with Crippen molar-refractivity contribution in [3.8, 4) is 11.5 Å². The van der Waals surface area contributed by atoms with Gasteiger partial charge >= 0.3 is 0 Å². The molecule has 0 atom stereocenters. The maximum atomic E-state index is 12.2. The topological polar surface area (TPSA) is 46.5 Å². The van der Waals surface area contributed by atoms with Crippen molar-refractivity contribution in [2.45, 2.75) is 20.8 Å². The standard InChI is InChI=1S/C17H17BrO3S/c1-4-21-16-9-12(8-14(18)17(16)20)5-6-15(19)13-7-10(2)22-11(13)3/h5-9,20H,4H2,1-3H3/b6-5+. The van der Waals surface area contributed by atoms with Crippen LogP contribution < -0.4 is 4.74 Å². The Balaban J connectivity index is 2.26. The molecule has 2 rings (SSSR count). The molecule has 0 saturated carbocycles. The van der Waals surface area contributed by atoms with Crippen LogP contribution >= 0.6 is 27.3 Å². The third kappa shape index (κ3) is 3.78. The van der Waals surface area contributed by atoms with E-state index in [0.717, 1.165) is 20.9 Å². The monoisotopic (exact) mass is 380 g/mol. The SMILES string of the molecule is CCOc1cc(/C=C/C(=O)c2cc(C)sc2C)cc(Br)c1O. The van der Waals surface area contributed by atoms with Gasteiger partial charge in [-0.2, -0.15) is 0 Å². The molecule has 0 radical (unpaired) electrons. The van der Waals surface area contributed by atoms with E-state index in [4.69, 9.17) is 4.74 Å². The van der Waals surface area contributed by atoms with Gasteiger partial charge in [-0.25, -0.2) is 0 Å². The molecule has 3 nitrogen and oxygen atoms in total. The van der Waals surface area contributed by atoms with Crippen molar-refractivity contribution < 1.29 is 14.6 Å². The second-order valence-electron chi connectivity index (χ2n) is 4.81. The summed E-state index contributed by atoms with van der Waals surface area (Å²) in [5.41, 5.74) is 1.52. The van der Waals surface area contributed by atoms with E-state index in [2.05, 4.69) is 15.9 Å². The van der Waals surface area contributed by atoms with E-state index in [0.29, 0.717) is 16.8 Å². The van der Waals surface area contributed by atoms with Gasteiger partial charge < -0.3 is 9.84 Å². The van der Waals surface area contributed by atoms with Gasteiger partial charge in [-0.15, -0.1) is 11.3 Å². The van der Waals surface area contributed by atoms with Crippen LogP contribution in [0, 0.1) is 13.8 Å². The summed E-state index contributed by atoms with van der Waals surface area (Å²) in [5.74, 6) is 0.435. The van der Waals surface area contributed by atoms with E-state index in [9.17, 15) is 9.90 Å². The van der Waals surface area contributed by atoms with Crippen molar-refractivity contribution in [1.82, 2.24) is 0 Å². The number of carbonyl (C=O) groups is 1. The van der Waals surface area contributed by atoms with Crippen molar-refractivity contribution in [1.29, 1.82) is 0 Å². The van der Waals surface area contributed by atoms with Gasteiger partial charge in [0.15, 0.2) is 17.3 Å². The first-order valence-electron chi connectivity index (χ1n) is 6.87. The molecular weight excluding hydrogens is 364 g/mol. The molecule has 0 spiro atoms. The number of aryl methyl sites for hydroxylation is 2. The molecule has 0 amide bonds. The van der Waals surface area contributed by atoms with Crippen LogP contribution in [0.2, 0.25) is 0 Å². The molecule has 1 N–H and O–H groups in total. The lowest BCUT2D eigenvalue weighted by molar-refractivity contribution is 0.104. The fraction of sp³-hybridized carbons (Fsp3) is 0.235. The summed E-state index contributed by atoms with van der Waals surface area (Å²) in [6, 6.07) is 5.36. The Morgan fingerprint density at radius 2 is 2.09 bits per heavy atom. The molecule has 22 heavy (non-hydrogen) atoms. The first-order chi connectivity index (χ1) is 10.4. The third-order valence-electron chi connectivity index (χ3n) is 3.08. The number of phenolic OH excluding ortho intramolecular Hbond substituents is 1. The minimum absolute atomic E-state index is 0.0241. The van der Waals surface area contributed by atoms with Gasteiger partial charge in [0.2, 0.25) is 0 Å². The maximum absolute atomic E-state index is 12.2. The van der Waals surface area contributed by atoms with Crippen molar-refractivity contribution in [2.75, 3.05) is 6.61 Å². The summed E-state index contributed by atoms with van der Waals surface area (Å²) in [6.45, 7) is 6.24. The lowest BCUT2D eigenvalue weighted by atomic mass is 10.1. The highest BCUT2D eigenvalue weighted by Crippen LogP contribution is 2.36. The Kier molecular flexibility index (Phi) is 5.42. The molecule has 5 heteroatoms. The highest BCUT2D eigenvalue weighted by molar-refractivity contribution is 9.10. The zero-order valence-corrected chi connectivity index (χ0v) is 15.0. The van der Waals surface area contributed by atoms with Crippen LogP contribution in [0.25, 0.3) is 6.08 Å². The number of carbonyl (C=O) groups excluding carboxylic acids is 1. The fourth-order valence-corrected chi connectivity index (χ4v) is 3.48. The number of hydrogen-bond acceptors (Lipinski definition) is 4. The van der Waals surface area contributed by atoms with Crippen molar-refractivity contribution in [3.05, 3.63) is 49.6 Å². The van der Waals surface area contributed by atoms with E-state index < -0.39 is 0 Å². The summed E-state index contributed by atoms with van der Waals surface area (Å²) < 4.78 is 5.91. The van der Waals surface area contributed by atoms with Crippen LogP contribution in [-0.4, -0.2) is 17.5 Å². The molecule has 1 heterocycles. The Morgan fingerprint density at radius 3 is 2.68 bits per heavy atom. The van der Waals surface area contributed by atoms with E-state index in [-0.39, 0.29) is 11.5 Å². The molecule has 0 fully saturated rings. The zero-order chi connectivity index (χ0) is 16.3. The van der Waals surface area contributed by atoms with Crippen LogP contribution in [-0.2, 0) is 0 Å². The molecule has 0 unspecified atom stereocenters. The number of rotatable bonds is 5. The first-order valence-corrected chi connectivity index (χ1v) is 8.48. The Hall–Kier alpha value is -1.59. The summed E-state index contributed by atoms with van der Waals surface area (Å²) in [6.07, 6.45) is 3.27. The number of ketones is 1. The van der Waals surface area contributed by atoms with Crippen LogP contribution in [0.1, 0.15) is 32.6 Å². The molecule has 116 valence electrons. The van der Waals surface area contributed by atoms with Gasteiger partial charge in [0.25, 0.3) is 0 Å². The average Bonchev–Trinajstić information content (AvgIpc) is 2.80. The molecule has 0 aliphatic rings. The highest BCUT2D eigenvalue weighted by Gasteiger charge is 2.10. The second-order valence-corrected chi connectivity index (χ2v) is 7.12. The van der Waals surface area contributed by atoms with Crippen LogP contribution in [0.3, 0.4) is 0 Å². The lowest BCUT2D eigenvalue weighted by Crippen LogP contribution is -1.94. The van der Waals surface area contributed by atoms with Crippen LogP contribution in [0.15, 0.2) is 28.7 Å². The van der Waals surface area contributed by atoms with E-state index in [1.165, 1.54) is 0 Å². The van der Waals surface area contributed by atoms with Gasteiger partial charge in [-0.1, -0.05) is 6.08 Å². The molecule has 1 aromatic carbocycles. The number of benzene rings is 1. The second kappa shape index (κ2) is 7.11.